The van der Waals surface area contributed by atoms with Crippen LogP contribution in [0, 0.1) is 0 Å². The van der Waals surface area contributed by atoms with Crippen molar-refractivity contribution in [2.45, 2.75) is 25.6 Å². The van der Waals surface area contributed by atoms with Crippen molar-refractivity contribution in [3.8, 4) is 0 Å². The van der Waals surface area contributed by atoms with Crippen LogP contribution in [0.2, 0.25) is 0 Å². The lowest BCUT2D eigenvalue weighted by atomic mass is 10.0. The Kier molecular flexibility index (Phi) is 8.27. The fraction of sp³-hybridized carbons (Fsp3) is 0.571. The lowest BCUT2D eigenvalue weighted by Crippen LogP contribution is -2.51. The van der Waals surface area contributed by atoms with Crippen LogP contribution in [0.15, 0.2) is 29.4 Å². The molecule has 0 aliphatic carbocycles. The number of sulfonamides is 4. The van der Waals surface area contributed by atoms with Crippen molar-refractivity contribution in [1.82, 2.24) is 7.42 Å². The van der Waals surface area contributed by atoms with E-state index in [4.69, 9.17) is 5.53 Å². The maximum Gasteiger partial charge on any atom is 0.224 e. The number of benzene rings is 1. The van der Waals surface area contributed by atoms with Crippen molar-refractivity contribution < 1.29 is 33.7 Å². The van der Waals surface area contributed by atoms with Crippen LogP contribution in [0.3, 0.4) is 0 Å². The van der Waals surface area contributed by atoms with E-state index in [0.29, 0.717) is 30.6 Å². The molecule has 13 nitrogen and oxygen atoms in total. The second-order valence-electron chi connectivity index (χ2n) is 6.82. The first kappa shape index (κ1) is 27.3. The van der Waals surface area contributed by atoms with Gasteiger partial charge in [0.2, 0.25) is 40.1 Å². The highest BCUT2D eigenvalue weighted by molar-refractivity contribution is 8.04. The normalized spacial score (nSPS) is 15.5. The third kappa shape index (κ3) is 7.13. The van der Waals surface area contributed by atoms with E-state index >= 15 is 0 Å². The Balaban J connectivity index is 3.89. The summed E-state index contributed by atoms with van der Waals surface area (Å²) in [7, 11) is -17.9. The van der Waals surface area contributed by atoms with Crippen LogP contribution < -0.4 is 0 Å². The summed E-state index contributed by atoms with van der Waals surface area (Å²) < 4.78 is 98.7. The van der Waals surface area contributed by atoms with Crippen molar-refractivity contribution >= 4 is 40.1 Å². The molecule has 1 aromatic carbocycles. The van der Waals surface area contributed by atoms with Gasteiger partial charge in [0, 0.05) is 4.91 Å². The molecule has 2 atom stereocenters. The molecule has 0 heterocycles. The summed E-state index contributed by atoms with van der Waals surface area (Å²) in [6.07, 6.45) is 2.43. The molecule has 0 spiro atoms. The lowest BCUT2D eigenvalue weighted by Gasteiger charge is -2.36. The van der Waals surface area contributed by atoms with Crippen molar-refractivity contribution in [1.29, 1.82) is 0 Å². The monoisotopic (exact) mass is 517 g/mol. The average Bonchev–Trinajstić information content (AvgIpc) is 2.53. The van der Waals surface area contributed by atoms with Gasteiger partial charge in [0.1, 0.15) is 0 Å². The van der Waals surface area contributed by atoms with E-state index < -0.39 is 52.2 Å². The second kappa shape index (κ2) is 9.40. The molecule has 176 valence electrons. The molecule has 0 saturated carbocycles. The molecule has 31 heavy (non-hydrogen) atoms. The van der Waals surface area contributed by atoms with Gasteiger partial charge in [0.25, 0.3) is 0 Å². The van der Waals surface area contributed by atoms with Gasteiger partial charge in [-0.1, -0.05) is 36.8 Å². The fourth-order valence-electron chi connectivity index (χ4n) is 3.13. The summed E-state index contributed by atoms with van der Waals surface area (Å²) >= 11 is 0. The van der Waals surface area contributed by atoms with E-state index in [-0.39, 0.29) is 19.5 Å². The molecule has 17 heteroatoms. The molecule has 0 aliphatic heterocycles. The molecular weight excluding hydrogens is 494 g/mol. The maximum atomic E-state index is 12.4. The first-order valence-corrected chi connectivity index (χ1v) is 15.7. The van der Waals surface area contributed by atoms with E-state index in [9.17, 15) is 33.7 Å². The standard InChI is InChI=1S/C14H23N5O8S4/c1-11(18(28(2,20)21)29(3,22)23)14(19(30(4,24)25)31(5,26)27)13-8-6-12(7-9-13)10-16-17-15/h6-9,11,14H,10H2,1-5H3/t11-,14-/m1/s1. The Bertz CT molecular complexity index is 1220. The predicted molar refractivity (Wildman–Crippen MR) is 115 cm³/mol. The zero-order valence-corrected chi connectivity index (χ0v) is 20.6. The first-order valence-electron chi connectivity index (χ1n) is 8.30. The van der Waals surface area contributed by atoms with Gasteiger partial charge in [-0.2, -0.15) is 0 Å². The van der Waals surface area contributed by atoms with Crippen LogP contribution in [0.5, 0.6) is 0 Å². The van der Waals surface area contributed by atoms with Gasteiger partial charge in [0.05, 0.1) is 43.7 Å². The van der Waals surface area contributed by atoms with Crippen molar-refractivity contribution in [2.75, 3.05) is 25.0 Å². The Labute approximate surface area is 182 Å². The van der Waals surface area contributed by atoms with Crippen LogP contribution in [0.4, 0.5) is 0 Å². The van der Waals surface area contributed by atoms with Crippen LogP contribution in [-0.4, -0.2) is 72.2 Å². The van der Waals surface area contributed by atoms with E-state index in [1.54, 1.807) is 0 Å². The average molecular weight is 518 g/mol. The Morgan fingerprint density at radius 3 is 1.52 bits per heavy atom. The highest BCUT2D eigenvalue weighted by Gasteiger charge is 2.45. The summed E-state index contributed by atoms with van der Waals surface area (Å²) in [5.74, 6) is 0. The molecule has 0 saturated heterocycles. The van der Waals surface area contributed by atoms with E-state index in [2.05, 4.69) is 10.0 Å². The smallest absolute Gasteiger partial charge is 0.212 e. The second-order valence-corrected chi connectivity index (χ2v) is 14.7. The fourth-order valence-corrected chi connectivity index (χ4v) is 9.93. The molecule has 0 bridgehead atoms. The number of rotatable bonds is 10. The molecule has 0 N–H and O–H groups in total. The van der Waals surface area contributed by atoms with Crippen LogP contribution in [0.25, 0.3) is 10.4 Å². The molecule has 0 unspecified atom stereocenters. The highest BCUT2D eigenvalue weighted by Crippen LogP contribution is 2.34. The number of hydrogen-bond donors (Lipinski definition) is 0. The number of azide groups is 1. The van der Waals surface area contributed by atoms with E-state index in [1.165, 1.54) is 24.3 Å². The van der Waals surface area contributed by atoms with Crippen molar-refractivity contribution in [3.63, 3.8) is 0 Å². The third-order valence-electron chi connectivity index (χ3n) is 3.96. The third-order valence-corrected chi connectivity index (χ3v) is 10.9. The zero-order chi connectivity index (χ0) is 24.4. The Morgan fingerprint density at radius 2 is 1.19 bits per heavy atom. The van der Waals surface area contributed by atoms with Gasteiger partial charge in [0.15, 0.2) is 0 Å². The quantitative estimate of drug-likeness (QED) is 0.241. The topological polar surface area (TPSA) is 192 Å². The van der Waals surface area contributed by atoms with Gasteiger partial charge in [-0.05, 0) is 23.6 Å². The van der Waals surface area contributed by atoms with Gasteiger partial charge in [-0.25, -0.2) is 33.7 Å². The zero-order valence-electron chi connectivity index (χ0n) is 17.3. The minimum Gasteiger partial charge on any atom is -0.212 e. The molecule has 1 rings (SSSR count). The van der Waals surface area contributed by atoms with Gasteiger partial charge >= 0.3 is 0 Å². The molecule has 0 amide bonds. The van der Waals surface area contributed by atoms with Gasteiger partial charge < -0.3 is 0 Å². The lowest BCUT2D eigenvalue weighted by molar-refractivity contribution is 0.316. The van der Waals surface area contributed by atoms with Gasteiger partial charge in [-0.15, -0.1) is 0 Å². The summed E-state index contributed by atoms with van der Waals surface area (Å²) in [6.45, 7) is 1.04. The first-order chi connectivity index (χ1) is 13.8. The Hall–Kier alpha value is -1.75. The largest absolute Gasteiger partial charge is 0.224 e. The summed E-state index contributed by atoms with van der Waals surface area (Å²) in [5, 5.41) is 3.37. The van der Waals surface area contributed by atoms with Crippen LogP contribution >= 0.6 is 0 Å². The Morgan fingerprint density at radius 1 is 0.806 bits per heavy atom. The summed E-state index contributed by atoms with van der Waals surface area (Å²) in [4.78, 5) is 2.60. The molecule has 0 radical (unpaired) electrons. The molecular formula is C14H23N5O8S4. The van der Waals surface area contributed by atoms with E-state index in [1.807, 2.05) is 0 Å². The van der Waals surface area contributed by atoms with Crippen LogP contribution in [0.1, 0.15) is 24.1 Å². The summed E-state index contributed by atoms with van der Waals surface area (Å²) in [6, 6.07) is 2.01. The van der Waals surface area contributed by atoms with Gasteiger partial charge in [-0.3, -0.25) is 0 Å². The summed E-state index contributed by atoms with van der Waals surface area (Å²) in [5.41, 5.74) is 8.91. The molecule has 0 fully saturated rings. The van der Waals surface area contributed by atoms with Crippen molar-refractivity contribution in [2.24, 2.45) is 5.11 Å². The number of hydrogen-bond acceptors (Lipinski definition) is 9. The predicted octanol–water partition coefficient (Wildman–Crippen LogP) is 0.369. The van der Waals surface area contributed by atoms with E-state index in [0.717, 1.165) is 6.92 Å². The maximum absolute atomic E-state index is 12.4. The molecule has 0 aliphatic rings. The highest BCUT2D eigenvalue weighted by atomic mass is 32.3. The molecule has 1 aromatic rings. The SMILES string of the molecule is C[C@H]([C@H](c1ccc(CN=[N+]=[N-])cc1)N(S(C)(=O)=O)S(C)(=O)=O)N(S(C)(=O)=O)S(C)(=O)=O. The van der Waals surface area contributed by atoms with Crippen molar-refractivity contribution in [3.05, 3.63) is 45.8 Å². The van der Waals surface area contributed by atoms with Crippen LogP contribution in [-0.2, 0) is 46.6 Å². The molecule has 0 aromatic heterocycles. The number of nitrogens with zero attached hydrogens (tertiary/aromatic N) is 5. The minimum atomic E-state index is -4.50. The minimum absolute atomic E-state index is 0.00494.